The third-order valence-corrected chi connectivity index (χ3v) is 6.86. The Labute approximate surface area is 210 Å². The van der Waals surface area contributed by atoms with E-state index >= 15 is 0 Å². The average Bonchev–Trinajstić information content (AvgIpc) is 3.11. The van der Waals surface area contributed by atoms with Gasteiger partial charge in [0.15, 0.2) is 5.96 Å². The van der Waals surface area contributed by atoms with Gasteiger partial charge in [-0.2, -0.15) is 5.10 Å². The quantitative estimate of drug-likeness (QED) is 0.255. The molecule has 0 spiro atoms. The highest BCUT2D eigenvalue weighted by atomic mass is 127. The van der Waals surface area contributed by atoms with Gasteiger partial charge in [0.25, 0.3) is 0 Å². The lowest BCUT2D eigenvalue weighted by molar-refractivity contribution is 0.0372. The number of hydrogen-bond acceptors (Lipinski definition) is 3. The van der Waals surface area contributed by atoms with E-state index in [4.69, 9.17) is 0 Å². The Kier molecular flexibility index (Phi) is 9.40. The van der Waals surface area contributed by atoms with Crippen LogP contribution < -0.4 is 5.32 Å². The molecule has 2 atom stereocenters. The second-order valence-electron chi connectivity index (χ2n) is 9.14. The van der Waals surface area contributed by atoms with E-state index in [-0.39, 0.29) is 24.0 Å². The Morgan fingerprint density at radius 2 is 1.97 bits per heavy atom. The number of aromatic nitrogens is 2. The van der Waals surface area contributed by atoms with Crippen molar-refractivity contribution in [3.8, 4) is 0 Å². The molecule has 4 rings (SSSR count). The number of nitrogens with zero attached hydrogens (tertiary/aromatic N) is 5. The van der Waals surface area contributed by atoms with E-state index in [0.717, 1.165) is 56.7 Å². The highest BCUT2D eigenvalue weighted by Crippen LogP contribution is 2.31. The summed E-state index contributed by atoms with van der Waals surface area (Å²) < 4.78 is 2.11. The Morgan fingerprint density at radius 3 is 2.69 bits per heavy atom. The molecule has 176 valence electrons. The minimum absolute atomic E-state index is 0. The van der Waals surface area contributed by atoms with Crippen LogP contribution in [0.25, 0.3) is 0 Å². The molecule has 2 unspecified atom stereocenters. The summed E-state index contributed by atoms with van der Waals surface area (Å²) in [5.41, 5.74) is 3.77. The van der Waals surface area contributed by atoms with Crippen LogP contribution in [-0.4, -0.2) is 64.8 Å². The van der Waals surface area contributed by atoms with Crippen molar-refractivity contribution < 1.29 is 0 Å². The normalized spacial score (nSPS) is 21.7. The average molecular weight is 551 g/mol. The first-order valence-electron chi connectivity index (χ1n) is 11.9. The molecule has 0 saturated carbocycles. The molecule has 1 aromatic heterocycles. The largest absolute Gasteiger partial charge is 0.356 e. The van der Waals surface area contributed by atoms with Gasteiger partial charge in [-0.1, -0.05) is 30.3 Å². The second kappa shape index (κ2) is 12.0. The van der Waals surface area contributed by atoms with Crippen molar-refractivity contribution in [2.75, 3.05) is 33.2 Å². The number of halogens is 1. The zero-order valence-corrected chi connectivity index (χ0v) is 22.2. The molecule has 0 aliphatic carbocycles. The maximum atomic E-state index is 4.60. The summed E-state index contributed by atoms with van der Waals surface area (Å²) in [7, 11) is 1.91. The standard InChI is InChI=1S/C25H38N6.HI/c1-20-17-21(2)31(28-20)15-8-13-27-25(26-3)30-16-12-24-23(19-30)11-7-14-29(24)18-22-9-5-4-6-10-22;/h4-6,9-10,17,23-24H,7-8,11-16,18-19H2,1-3H3,(H,26,27);1H. The topological polar surface area (TPSA) is 48.7 Å². The van der Waals surface area contributed by atoms with Crippen molar-refractivity contribution in [1.29, 1.82) is 0 Å². The lowest BCUT2D eigenvalue weighted by atomic mass is 9.83. The zero-order chi connectivity index (χ0) is 21.6. The third kappa shape index (κ3) is 6.25. The van der Waals surface area contributed by atoms with Crippen LogP contribution in [0.2, 0.25) is 0 Å². The molecule has 1 N–H and O–H groups in total. The Hall–Kier alpha value is -1.61. The van der Waals surface area contributed by atoms with Gasteiger partial charge in [0.1, 0.15) is 0 Å². The first-order valence-corrected chi connectivity index (χ1v) is 11.9. The molecule has 7 heteroatoms. The minimum atomic E-state index is 0. The maximum absolute atomic E-state index is 4.60. The van der Waals surface area contributed by atoms with Crippen LogP contribution in [0, 0.1) is 19.8 Å². The fourth-order valence-corrected chi connectivity index (χ4v) is 5.38. The summed E-state index contributed by atoms with van der Waals surface area (Å²) >= 11 is 0. The van der Waals surface area contributed by atoms with Gasteiger partial charge in [-0.15, -0.1) is 24.0 Å². The number of fused-ring (bicyclic) bond motifs is 1. The van der Waals surface area contributed by atoms with Gasteiger partial charge in [-0.25, -0.2) is 0 Å². The fourth-order valence-electron chi connectivity index (χ4n) is 5.38. The van der Waals surface area contributed by atoms with Crippen molar-refractivity contribution in [2.24, 2.45) is 10.9 Å². The molecule has 2 aliphatic heterocycles. The fraction of sp³-hybridized carbons (Fsp3) is 0.600. The molecule has 0 radical (unpaired) electrons. The maximum Gasteiger partial charge on any atom is 0.193 e. The number of hydrogen-bond donors (Lipinski definition) is 1. The van der Waals surface area contributed by atoms with Crippen molar-refractivity contribution in [1.82, 2.24) is 24.9 Å². The summed E-state index contributed by atoms with van der Waals surface area (Å²) in [6.07, 6.45) is 4.91. The van der Waals surface area contributed by atoms with Gasteiger partial charge in [-0.05, 0) is 63.6 Å². The molecule has 1 aromatic carbocycles. The summed E-state index contributed by atoms with van der Waals surface area (Å²) in [5.74, 6) is 1.80. The first-order chi connectivity index (χ1) is 15.1. The summed E-state index contributed by atoms with van der Waals surface area (Å²) in [6, 6.07) is 13.8. The predicted molar refractivity (Wildman–Crippen MR) is 143 cm³/mol. The van der Waals surface area contributed by atoms with Gasteiger partial charge < -0.3 is 10.2 Å². The molecule has 2 aromatic rings. The predicted octanol–water partition coefficient (Wildman–Crippen LogP) is 4.07. The zero-order valence-electron chi connectivity index (χ0n) is 19.8. The van der Waals surface area contributed by atoms with E-state index in [1.807, 2.05) is 7.05 Å². The van der Waals surface area contributed by atoms with Gasteiger partial charge in [-0.3, -0.25) is 14.6 Å². The number of rotatable bonds is 6. The van der Waals surface area contributed by atoms with Crippen LogP contribution in [0.1, 0.15) is 42.6 Å². The molecule has 2 aliphatic rings. The van der Waals surface area contributed by atoms with E-state index in [0.29, 0.717) is 6.04 Å². The molecule has 2 saturated heterocycles. The van der Waals surface area contributed by atoms with Crippen molar-refractivity contribution in [2.45, 2.75) is 58.7 Å². The number of piperidine rings is 2. The smallest absolute Gasteiger partial charge is 0.193 e. The number of aryl methyl sites for hydroxylation is 3. The number of likely N-dealkylation sites (tertiary alicyclic amines) is 2. The highest BCUT2D eigenvalue weighted by molar-refractivity contribution is 14.0. The van der Waals surface area contributed by atoms with Crippen molar-refractivity contribution in [3.63, 3.8) is 0 Å². The van der Waals surface area contributed by atoms with Gasteiger partial charge in [0.2, 0.25) is 0 Å². The highest BCUT2D eigenvalue weighted by Gasteiger charge is 2.36. The molecule has 0 amide bonds. The van der Waals surface area contributed by atoms with E-state index in [1.165, 1.54) is 37.1 Å². The SMILES string of the molecule is CN=C(NCCCn1nc(C)cc1C)N1CCC2C(CCCN2Cc2ccccc2)C1.I. The van der Waals surface area contributed by atoms with Crippen LogP contribution in [0.15, 0.2) is 41.4 Å². The van der Waals surface area contributed by atoms with Crippen LogP contribution >= 0.6 is 24.0 Å². The number of benzene rings is 1. The molecule has 3 heterocycles. The molecule has 2 fully saturated rings. The van der Waals surface area contributed by atoms with Crippen LogP contribution in [0.5, 0.6) is 0 Å². The minimum Gasteiger partial charge on any atom is -0.356 e. The van der Waals surface area contributed by atoms with Crippen LogP contribution in [0.3, 0.4) is 0 Å². The second-order valence-corrected chi connectivity index (χ2v) is 9.14. The third-order valence-electron chi connectivity index (χ3n) is 6.86. The number of guanidine groups is 1. The monoisotopic (exact) mass is 550 g/mol. The van der Waals surface area contributed by atoms with E-state index in [1.54, 1.807) is 0 Å². The lowest BCUT2D eigenvalue weighted by Crippen LogP contribution is -2.56. The Bertz CT molecular complexity index is 865. The molecule has 32 heavy (non-hydrogen) atoms. The molecular weight excluding hydrogens is 511 g/mol. The van der Waals surface area contributed by atoms with Crippen LogP contribution in [-0.2, 0) is 13.1 Å². The van der Waals surface area contributed by atoms with Gasteiger partial charge >= 0.3 is 0 Å². The number of aliphatic imine (C=N–C) groups is 1. The number of nitrogens with one attached hydrogen (secondary N) is 1. The van der Waals surface area contributed by atoms with Crippen molar-refractivity contribution in [3.05, 3.63) is 53.3 Å². The Balaban J connectivity index is 0.00000289. The first kappa shape index (κ1) is 25.0. The van der Waals surface area contributed by atoms with Crippen LogP contribution in [0.4, 0.5) is 0 Å². The Morgan fingerprint density at radius 1 is 1.16 bits per heavy atom. The van der Waals surface area contributed by atoms with Gasteiger partial charge in [0, 0.05) is 51.5 Å². The van der Waals surface area contributed by atoms with E-state index in [9.17, 15) is 0 Å². The summed E-state index contributed by atoms with van der Waals surface area (Å²) in [4.78, 5) is 9.81. The van der Waals surface area contributed by atoms with Gasteiger partial charge in [0.05, 0.1) is 5.69 Å². The van der Waals surface area contributed by atoms with E-state index in [2.05, 4.69) is 80.1 Å². The lowest BCUT2D eigenvalue weighted by Gasteiger charge is -2.48. The molecule has 0 bridgehead atoms. The summed E-state index contributed by atoms with van der Waals surface area (Å²) in [6.45, 7) is 10.6. The molecular formula is C25H39IN6. The van der Waals surface area contributed by atoms with Crippen molar-refractivity contribution >= 4 is 29.9 Å². The summed E-state index contributed by atoms with van der Waals surface area (Å²) in [5, 5.41) is 8.17. The van der Waals surface area contributed by atoms with E-state index < -0.39 is 0 Å². The molecule has 6 nitrogen and oxygen atoms in total.